The van der Waals surface area contributed by atoms with E-state index in [1.165, 1.54) is 11.3 Å². The van der Waals surface area contributed by atoms with Crippen LogP contribution in [0.5, 0.6) is 0 Å². The third-order valence-electron chi connectivity index (χ3n) is 4.70. The first-order chi connectivity index (χ1) is 10.9. The molecule has 0 saturated carbocycles. The van der Waals surface area contributed by atoms with Gasteiger partial charge in [-0.15, -0.1) is 0 Å². The lowest BCUT2D eigenvalue weighted by Crippen LogP contribution is -2.52. The van der Waals surface area contributed by atoms with Gasteiger partial charge in [-0.25, -0.2) is 0 Å². The number of hydrogen-bond acceptors (Lipinski definition) is 4. The van der Waals surface area contributed by atoms with E-state index in [1.54, 1.807) is 6.92 Å². The summed E-state index contributed by atoms with van der Waals surface area (Å²) in [4.78, 5) is 16.7. The number of nitrogens with one attached hydrogen (secondary N) is 1. The molecule has 1 atom stereocenters. The Hall–Kier alpha value is -2.06. The van der Waals surface area contributed by atoms with E-state index in [9.17, 15) is 10.1 Å². The fourth-order valence-corrected chi connectivity index (χ4v) is 2.72. The van der Waals surface area contributed by atoms with Crippen LogP contribution < -0.4 is 10.2 Å². The zero-order chi connectivity index (χ0) is 17.0. The molecule has 0 saturated heterocycles. The van der Waals surface area contributed by atoms with E-state index in [0.717, 1.165) is 19.6 Å². The Morgan fingerprint density at radius 3 is 2.74 bits per heavy atom. The molecular formula is C18H26N4O. The Morgan fingerprint density at radius 2 is 2.09 bits per heavy atom. The molecule has 0 aromatic heterocycles. The molecule has 0 unspecified atom stereocenters. The predicted octanol–water partition coefficient (Wildman–Crippen LogP) is 1.99. The molecule has 0 radical (unpaired) electrons. The second kappa shape index (κ2) is 7.01. The highest BCUT2D eigenvalue weighted by Crippen LogP contribution is 2.23. The number of nitriles is 1. The van der Waals surface area contributed by atoms with Crippen molar-refractivity contribution < 1.29 is 4.79 Å². The lowest BCUT2D eigenvalue weighted by Gasteiger charge is -2.29. The number of hydrogen-bond donors (Lipinski definition) is 1. The van der Waals surface area contributed by atoms with Gasteiger partial charge < -0.3 is 10.2 Å². The SMILES string of the molecule is CC(C)[C@](C)(C#N)NC(=O)CN1CCN(C)c2ccccc2C1. The van der Waals surface area contributed by atoms with E-state index < -0.39 is 5.54 Å². The standard InChI is InChI=1S/C18H26N4O/c1-14(2)18(3,13-19)20-17(23)12-22-10-9-21(4)16-8-6-5-7-15(16)11-22/h5-8,14H,9-12H2,1-4H3,(H,20,23)/t18-/m0/s1. The molecule has 0 fully saturated rings. The zero-order valence-corrected chi connectivity index (χ0v) is 14.5. The number of rotatable bonds is 4. The molecule has 5 nitrogen and oxygen atoms in total. The maximum absolute atomic E-state index is 12.4. The van der Waals surface area contributed by atoms with Crippen LogP contribution in [0.2, 0.25) is 0 Å². The van der Waals surface area contributed by atoms with Crippen molar-refractivity contribution in [2.45, 2.75) is 32.9 Å². The Bertz CT molecular complexity index is 607. The van der Waals surface area contributed by atoms with Gasteiger partial charge in [-0.1, -0.05) is 32.0 Å². The highest BCUT2D eigenvalue weighted by molar-refractivity contribution is 5.79. The van der Waals surface area contributed by atoms with Crippen LogP contribution in [0.4, 0.5) is 5.69 Å². The van der Waals surface area contributed by atoms with Gasteiger partial charge in [-0.05, 0) is 24.5 Å². The van der Waals surface area contributed by atoms with Gasteiger partial charge in [0.05, 0.1) is 12.6 Å². The fraction of sp³-hybridized carbons (Fsp3) is 0.556. The van der Waals surface area contributed by atoms with Crippen molar-refractivity contribution >= 4 is 11.6 Å². The van der Waals surface area contributed by atoms with E-state index in [4.69, 9.17) is 0 Å². The number of fused-ring (bicyclic) bond motifs is 1. The molecule has 0 aliphatic carbocycles. The lowest BCUT2D eigenvalue weighted by atomic mass is 9.90. The van der Waals surface area contributed by atoms with E-state index in [0.29, 0.717) is 6.54 Å². The average molecular weight is 314 g/mol. The van der Waals surface area contributed by atoms with Crippen molar-refractivity contribution in [2.75, 3.05) is 31.6 Å². The summed E-state index contributed by atoms with van der Waals surface area (Å²) in [5.74, 6) is -0.0303. The third-order valence-corrected chi connectivity index (χ3v) is 4.70. The monoisotopic (exact) mass is 314 g/mol. The molecule has 1 amide bonds. The third kappa shape index (κ3) is 4.02. The number of amides is 1. The molecule has 2 rings (SSSR count). The Kier molecular flexibility index (Phi) is 5.27. The van der Waals surface area contributed by atoms with E-state index >= 15 is 0 Å². The molecule has 1 N–H and O–H groups in total. The summed E-state index contributed by atoms with van der Waals surface area (Å²) in [5, 5.41) is 12.2. The van der Waals surface area contributed by atoms with Crippen LogP contribution in [0.1, 0.15) is 26.3 Å². The van der Waals surface area contributed by atoms with Gasteiger partial charge in [-0.3, -0.25) is 9.69 Å². The van der Waals surface area contributed by atoms with Gasteiger partial charge in [0, 0.05) is 32.4 Å². The smallest absolute Gasteiger partial charge is 0.235 e. The molecule has 1 heterocycles. The van der Waals surface area contributed by atoms with Gasteiger partial charge in [-0.2, -0.15) is 5.26 Å². The predicted molar refractivity (Wildman–Crippen MR) is 92.0 cm³/mol. The summed E-state index contributed by atoms with van der Waals surface area (Å²) in [6.45, 7) is 8.43. The van der Waals surface area contributed by atoms with E-state index in [2.05, 4.69) is 40.4 Å². The first-order valence-electron chi connectivity index (χ1n) is 8.09. The van der Waals surface area contributed by atoms with Crippen molar-refractivity contribution in [1.29, 1.82) is 5.26 Å². The van der Waals surface area contributed by atoms with Gasteiger partial charge in [0.2, 0.25) is 5.91 Å². The maximum atomic E-state index is 12.4. The molecule has 0 bridgehead atoms. The van der Waals surface area contributed by atoms with E-state index in [1.807, 2.05) is 26.0 Å². The average Bonchev–Trinajstić information content (AvgIpc) is 2.66. The summed E-state index contributed by atoms with van der Waals surface area (Å²) < 4.78 is 0. The second-order valence-electron chi connectivity index (χ2n) is 6.78. The summed E-state index contributed by atoms with van der Waals surface area (Å²) in [5.41, 5.74) is 1.63. The highest BCUT2D eigenvalue weighted by atomic mass is 16.2. The first kappa shape index (κ1) is 17.3. The molecule has 1 aromatic carbocycles. The van der Waals surface area contributed by atoms with Crippen molar-refractivity contribution in [3.8, 4) is 6.07 Å². The minimum Gasteiger partial charge on any atom is -0.373 e. The van der Waals surface area contributed by atoms with Crippen LogP contribution in [0, 0.1) is 17.2 Å². The second-order valence-corrected chi connectivity index (χ2v) is 6.78. The number of likely N-dealkylation sites (N-methyl/N-ethyl adjacent to an activating group) is 1. The summed E-state index contributed by atoms with van der Waals surface area (Å²) in [7, 11) is 2.08. The largest absolute Gasteiger partial charge is 0.373 e. The minimum atomic E-state index is -0.822. The molecule has 1 aromatic rings. The lowest BCUT2D eigenvalue weighted by molar-refractivity contribution is -0.124. The topological polar surface area (TPSA) is 59.4 Å². The summed E-state index contributed by atoms with van der Waals surface area (Å²) in [6.07, 6.45) is 0. The van der Waals surface area contributed by atoms with E-state index in [-0.39, 0.29) is 11.8 Å². The van der Waals surface area contributed by atoms with Gasteiger partial charge in [0.15, 0.2) is 0 Å². The fourth-order valence-electron chi connectivity index (χ4n) is 2.72. The van der Waals surface area contributed by atoms with Crippen molar-refractivity contribution in [2.24, 2.45) is 5.92 Å². The number of nitrogens with zero attached hydrogens (tertiary/aromatic N) is 3. The molecule has 1 aliphatic heterocycles. The van der Waals surface area contributed by atoms with Crippen LogP contribution >= 0.6 is 0 Å². The van der Waals surface area contributed by atoms with Crippen LogP contribution in [0.15, 0.2) is 24.3 Å². The van der Waals surface area contributed by atoms with Crippen molar-refractivity contribution in [3.05, 3.63) is 29.8 Å². The quantitative estimate of drug-likeness (QED) is 0.923. The Balaban J connectivity index is 2.04. The number of carbonyl (C=O) groups is 1. The van der Waals surface area contributed by atoms with Crippen molar-refractivity contribution in [1.82, 2.24) is 10.2 Å². The number of carbonyl (C=O) groups excluding carboxylic acids is 1. The zero-order valence-electron chi connectivity index (χ0n) is 14.5. The molecule has 0 spiro atoms. The molecular weight excluding hydrogens is 288 g/mol. The van der Waals surface area contributed by atoms with Crippen LogP contribution in [0.3, 0.4) is 0 Å². The van der Waals surface area contributed by atoms with Crippen LogP contribution in [-0.4, -0.2) is 43.0 Å². The highest BCUT2D eigenvalue weighted by Gasteiger charge is 2.30. The number of anilines is 1. The first-order valence-corrected chi connectivity index (χ1v) is 8.09. The number of benzene rings is 1. The van der Waals surface area contributed by atoms with Gasteiger partial charge in [0.25, 0.3) is 0 Å². The molecule has 5 heteroatoms. The number of para-hydroxylation sites is 1. The summed E-state index contributed by atoms with van der Waals surface area (Å²) >= 11 is 0. The minimum absolute atomic E-state index is 0.0624. The molecule has 124 valence electrons. The normalized spacial score (nSPS) is 17.8. The Labute approximate surface area is 138 Å². The molecule has 23 heavy (non-hydrogen) atoms. The van der Waals surface area contributed by atoms with Crippen LogP contribution in [-0.2, 0) is 11.3 Å². The van der Waals surface area contributed by atoms with Gasteiger partial charge >= 0.3 is 0 Å². The van der Waals surface area contributed by atoms with Crippen LogP contribution in [0.25, 0.3) is 0 Å². The maximum Gasteiger partial charge on any atom is 0.235 e. The van der Waals surface area contributed by atoms with Crippen molar-refractivity contribution in [3.63, 3.8) is 0 Å². The summed E-state index contributed by atoms with van der Waals surface area (Å²) in [6, 6.07) is 10.5. The van der Waals surface area contributed by atoms with Gasteiger partial charge in [0.1, 0.15) is 5.54 Å². The molecule has 1 aliphatic rings. The Morgan fingerprint density at radius 1 is 1.39 bits per heavy atom.